The highest BCUT2D eigenvalue weighted by Crippen LogP contribution is 2.33. The maximum absolute atomic E-state index is 12.2. The zero-order chi connectivity index (χ0) is 21.2. The summed E-state index contributed by atoms with van der Waals surface area (Å²) in [6.45, 7) is -0.365. The molecule has 0 heterocycles. The van der Waals surface area contributed by atoms with Crippen LogP contribution in [0.15, 0.2) is 94.7 Å². The number of anilines is 1. The molecule has 0 bridgehead atoms. The van der Waals surface area contributed by atoms with E-state index in [1.165, 1.54) is 6.08 Å². The van der Waals surface area contributed by atoms with Crippen LogP contribution in [-0.2, 0) is 14.3 Å². The minimum absolute atomic E-state index is 0.365. The van der Waals surface area contributed by atoms with E-state index in [0.717, 1.165) is 21.1 Å². The summed E-state index contributed by atoms with van der Waals surface area (Å²) in [5.41, 5.74) is 1.49. The van der Waals surface area contributed by atoms with Crippen LogP contribution in [0.2, 0.25) is 0 Å². The predicted octanol–water partition coefficient (Wildman–Crippen LogP) is 5.04. The van der Waals surface area contributed by atoms with Gasteiger partial charge in [0.05, 0.1) is 12.8 Å². The van der Waals surface area contributed by atoms with E-state index in [4.69, 9.17) is 9.47 Å². The van der Waals surface area contributed by atoms with E-state index < -0.39 is 11.9 Å². The van der Waals surface area contributed by atoms with Gasteiger partial charge in [0.25, 0.3) is 5.91 Å². The highest BCUT2D eigenvalue weighted by molar-refractivity contribution is 7.99. The molecule has 6 heteroatoms. The van der Waals surface area contributed by atoms with Crippen molar-refractivity contribution in [2.45, 2.75) is 9.79 Å². The van der Waals surface area contributed by atoms with Gasteiger partial charge in [-0.15, -0.1) is 0 Å². The quantitative estimate of drug-likeness (QED) is 0.409. The van der Waals surface area contributed by atoms with Crippen molar-refractivity contribution >= 4 is 35.4 Å². The monoisotopic (exact) mass is 419 g/mol. The standard InChI is InChI=1S/C24H21NO4S/c1-28-19-14-11-18(12-15-19)13-16-24(27)29-17-23(26)25-21-9-5-6-10-22(21)30-20-7-3-2-4-8-20/h2-16H,17H2,1H3,(H,25,26)/b16-13+. The molecular weight excluding hydrogens is 398 g/mol. The molecule has 30 heavy (non-hydrogen) atoms. The number of para-hydroxylation sites is 1. The largest absolute Gasteiger partial charge is 0.497 e. The lowest BCUT2D eigenvalue weighted by atomic mass is 10.2. The zero-order valence-corrected chi connectivity index (χ0v) is 17.2. The molecular formula is C24H21NO4S. The van der Waals surface area contributed by atoms with Crippen molar-refractivity contribution in [1.82, 2.24) is 0 Å². The van der Waals surface area contributed by atoms with Crippen LogP contribution in [0.1, 0.15) is 5.56 Å². The van der Waals surface area contributed by atoms with E-state index in [9.17, 15) is 9.59 Å². The van der Waals surface area contributed by atoms with E-state index in [1.807, 2.05) is 66.7 Å². The summed E-state index contributed by atoms with van der Waals surface area (Å²) in [6.07, 6.45) is 2.90. The van der Waals surface area contributed by atoms with Gasteiger partial charge in [-0.3, -0.25) is 4.79 Å². The Kier molecular flexibility index (Phi) is 7.69. The Morgan fingerprint density at radius 3 is 2.37 bits per heavy atom. The Labute approximate surface area is 179 Å². The zero-order valence-electron chi connectivity index (χ0n) is 16.4. The molecule has 5 nitrogen and oxygen atoms in total. The fraction of sp³-hybridized carbons (Fsp3) is 0.0833. The number of hydrogen-bond acceptors (Lipinski definition) is 5. The molecule has 3 rings (SSSR count). The van der Waals surface area contributed by atoms with Gasteiger partial charge in [0.2, 0.25) is 0 Å². The number of benzene rings is 3. The van der Waals surface area contributed by atoms with Crippen LogP contribution < -0.4 is 10.1 Å². The van der Waals surface area contributed by atoms with Crippen molar-refractivity contribution in [3.63, 3.8) is 0 Å². The molecule has 0 unspecified atom stereocenters. The van der Waals surface area contributed by atoms with Crippen molar-refractivity contribution in [2.75, 3.05) is 19.0 Å². The predicted molar refractivity (Wildman–Crippen MR) is 119 cm³/mol. The number of rotatable bonds is 8. The smallest absolute Gasteiger partial charge is 0.331 e. The summed E-state index contributed by atoms with van der Waals surface area (Å²) in [4.78, 5) is 26.1. The van der Waals surface area contributed by atoms with Crippen molar-refractivity contribution in [2.24, 2.45) is 0 Å². The number of methoxy groups -OCH3 is 1. The minimum Gasteiger partial charge on any atom is -0.497 e. The van der Waals surface area contributed by atoms with Gasteiger partial charge in [-0.05, 0) is 48.0 Å². The lowest BCUT2D eigenvalue weighted by Gasteiger charge is -2.10. The third-order valence-corrected chi connectivity index (χ3v) is 5.09. The second kappa shape index (κ2) is 10.9. The van der Waals surface area contributed by atoms with Crippen LogP contribution in [-0.4, -0.2) is 25.6 Å². The van der Waals surface area contributed by atoms with Gasteiger partial charge in [-0.25, -0.2) is 4.79 Å². The Morgan fingerprint density at radius 1 is 0.933 bits per heavy atom. The summed E-state index contributed by atoms with van der Waals surface area (Å²) in [5, 5.41) is 2.80. The maximum Gasteiger partial charge on any atom is 0.331 e. The molecule has 0 spiro atoms. The number of amides is 1. The molecule has 0 saturated heterocycles. The van der Waals surface area contributed by atoms with Gasteiger partial charge in [-0.2, -0.15) is 0 Å². The first-order chi connectivity index (χ1) is 14.6. The van der Waals surface area contributed by atoms with E-state index in [2.05, 4.69) is 5.32 Å². The summed E-state index contributed by atoms with van der Waals surface area (Å²) >= 11 is 1.55. The van der Waals surface area contributed by atoms with E-state index in [-0.39, 0.29) is 6.61 Å². The first-order valence-corrected chi connectivity index (χ1v) is 10.1. The molecule has 0 radical (unpaired) electrons. The molecule has 152 valence electrons. The number of ether oxygens (including phenoxy) is 2. The normalized spacial score (nSPS) is 10.6. The van der Waals surface area contributed by atoms with Crippen LogP contribution in [0.3, 0.4) is 0 Å². The second-order valence-electron chi connectivity index (χ2n) is 6.17. The number of carbonyl (C=O) groups is 2. The van der Waals surface area contributed by atoms with Gasteiger partial charge >= 0.3 is 5.97 Å². The van der Waals surface area contributed by atoms with Crippen LogP contribution >= 0.6 is 11.8 Å². The Bertz CT molecular complexity index is 1020. The lowest BCUT2D eigenvalue weighted by molar-refractivity contribution is -0.142. The summed E-state index contributed by atoms with van der Waals surface area (Å²) in [7, 11) is 1.59. The third kappa shape index (κ3) is 6.53. The fourth-order valence-corrected chi connectivity index (χ4v) is 3.45. The van der Waals surface area contributed by atoms with Gasteiger partial charge in [0.1, 0.15) is 5.75 Å². The van der Waals surface area contributed by atoms with E-state index in [1.54, 1.807) is 37.1 Å². The topological polar surface area (TPSA) is 64.6 Å². The van der Waals surface area contributed by atoms with Gasteiger partial charge in [0, 0.05) is 15.9 Å². The Morgan fingerprint density at radius 2 is 1.63 bits per heavy atom. The van der Waals surface area contributed by atoms with Crippen LogP contribution in [0.25, 0.3) is 6.08 Å². The molecule has 1 N–H and O–H groups in total. The molecule has 0 aliphatic heterocycles. The molecule has 0 aliphatic rings. The fourth-order valence-electron chi connectivity index (χ4n) is 2.52. The Hall–Kier alpha value is -3.51. The highest BCUT2D eigenvalue weighted by Gasteiger charge is 2.09. The molecule has 3 aromatic rings. The molecule has 0 saturated carbocycles. The molecule has 0 aromatic heterocycles. The number of nitrogens with one attached hydrogen (secondary N) is 1. The molecule has 1 amide bonds. The van der Waals surface area contributed by atoms with Crippen molar-refractivity contribution in [1.29, 1.82) is 0 Å². The average Bonchev–Trinajstić information content (AvgIpc) is 2.78. The first-order valence-electron chi connectivity index (χ1n) is 9.25. The van der Waals surface area contributed by atoms with E-state index in [0.29, 0.717) is 5.69 Å². The number of carbonyl (C=O) groups excluding carboxylic acids is 2. The molecule has 0 fully saturated rings. The van der Waals surface area contributed by atoms with Crippen molar-refractivity contribution in [3.05, 3.63) is 90.5 Å². The highest BCUT2D eigenvalue weighted by atomic mass is 32.2. The first kappa shape index (κ1) is 21.2. The molecule has 3 aromatic carbocycles. The second-order valence-corrected chi connectivity index (χ2v) is 7.29. The summed E-state index contributed by atoms with van der Waals surface area (Å²) in [6, 6.07) is 24.6. The average molecular weight is 420 g/mol. The molecule has 0 atom stereocenters. The van der Waals surface area contributed by atoms with Gasteiger partial charge < -0.3 is 14.8 Å². The third-order valence-electron chi connectivity index (χ3n) is 4.01. The van der Waals surface area contributed by atoms with Crippen LogP contribution in [0, 0.1) is 0 Å². The van der Waals surface area contributed by atoms with Crippen LogP contribution in [0.4, 0.5) is 5.69 Å². The van der Waals surface area contributed by atoms with Crippen molar-refractivity contribution in [3.8, 4) is 5.75 Å². The number of esters is 1. The SMILES string of the molecule is COc1ccc(/C=C/C(=O)OCC(=O)Nc2ccccc2Sc2ccccc2)cc1. The van der Waals surface area contributed by atoms with Crippen LogP contribution in [0.5, 0.6) is 5.75 Å². The van der Waals surface area contributed by atoms with Gasteiger partial charge in [0.15, 0.2) is 6.61 Å². The Balaban J connectivity index is 1.52. The summed E-state index contributed by atoms with van der Waals surface area (Å²) in [5.74, 6) is -0.257. The summed E-state index contributed by atoms with van der Waals surface area (Å²) < 4.78 is 10.1. The maximum atomic E-state index is 12.2. The van der Waals surface area contributed by atoms with E-state index >= 15 is 0 Å². The van der Waals surface area contributed by atoms with Crippen molar-refractivity contribution < 1.29 is 19.1 Å². The number of hydrogen-bond donors (Lipinski definition) is 1. The van der Waals surface area contributed by atoms with Gasteiger partial charge in [-0.1, -0.05) is 54.2 Å². The minimum atomic E-state index is -0.590. The lowest BCUT2D eigenvalue weighted by Crippen LogP contribution is -2.20. The molecule has 0 aliphatic carbocycles.